The molecule has 7 nitrogen and oxygen atoms in total. The molecule has 1 heterocycles. The molecule has 2 aromatic rings. The predicted octanol–water partition coefficient (Wildman–Crippen LogP) is 3.56. The van der Waals surface area contributed by atoms with Gasteiger partial charge in [0.25, 0.3) is 11.6 Å². The van der Waals surface area contributed by atoms with E-state index in [0.29, 0.717) is 21.8 Å². The molecule has 1 aliphatic heterocycles. The normalized spacial score (nSPS) is 14.9. The average molecular weight is 389 g/mol. The maximum atomic E-state index is 12.7. The molecule has 0 aromatic heterocycles. The van der Waals surface area contributed by atoms with E-state index in [0.717, 1.165) is 31.9 Å². The van der Waals surface area contributed by atoms with Gasteiger partial charge in [0.1, 0.15) is 0 Å². The van der Waals surface area contributed by atoms with Crippen molar-refractivity contribution in [2.45, 2.75) is 6.92 Å². The monoisotopic (exact) mass is 388 g/mol. The fraction of sp³-hybridized carbons (Fsp3) is 0.316. The number of anilines is 2. The minimum atomic E-state index is -0.459. The van der Waals surface area contributed by atoms with Crippen LogP contribution in [0.4, 0.5) is 17.1 Å². The maximum absolute atomic E-state index is 12.7. The molecule has 0 unspecified atom stereocenters. The molecule has 0 atom stereocenters. The summed E-state index contributed by atoms with van der Waals surface area (Å²) in [5.41, 5.74) is 2.35. The highest BCUT2D eigenvalue weighted by Gasteiger charge is 2.19. The molecule has 0 radical (unpaired) electrons. The van der Waals surface area contributed by atoms with E-state index in [-0.39, 0.29) is 11.6 Å². The SMILES string of the molecule is Cc1cc(C(=O)Nc2cc(Cl)ccc2N2CCN(C)CC2)ccc1[N+](=O)[O-]. The maximum Gasteiger partial charge on any atom is 0.272 e. The number of hydrogen-bond acceptors (Lipinski definition) is 5. The number of nitrogens with one attached hydrogen (secondary N) is 1. The Labute approximate surface area is 162 Å². The predicted molar refractivity (Wildman–Crippen MR) is 107 cm³/mol. The van der Waals surface area contributed by atoms with Crippen LogP contribution in [0.15, 0.2) is 36.4 Å². The van der Waals surface area contributed by atoms with Gasteiger partial charge in [-0.25, -0.2) is 0 Å². The van der Waals surface area contributed by atoms with Crippen LogP contribution < -0.4 is 10.2 Å². The number of hydrogen-bond donors (Lipinski definition) is 1. The number of nitrogens with zero attached hydrogens (tertiary/aromatic N) is 3. The fourth-order valence-corrected chi connectivity index (χ4v) is 3.30. The van der Waals surface area contributed by atoms with Gasteiger partial charge in [-0.15, -0.1) is 0 Å². The second-order valence-electron chi connectivity index (χ2n) is 6.66. The van der Waals surface area contributed by atoms with E-state index < -0.39 is 4.92 Å². The number of nitro groups is 1. The number of amides is 1. The molecular formula is C19H21ClN4O3. The van der Waals surface area contributed by atoms with E-state index in [9.17, 15) is 14.9 Å². The molecule has 0 bridgehead atoms. The van der Waals surface area contributed by atoms with Crippen LogP contribution in [0.1, 0.15) is 15.9 Å². The summed E-state index contributed by atoms with van der Waals surface area (Å²) in [5, 5.41) is 14.4. The first-order chi connectivity index (χ1) is 12.8. The zero-order valence-corrected chi connectivity index (χ0v) is 16.0. The van der Waals surface area contributed by atoms with Crippen LogP contribution in [0, 0.1) is 17.0 Å². The van der Waals surface area contributed by atoms with Crippen LogP contribution in [0.3, 0.4) is 0 Å². The smallest absolute Gasteiger partial charge is 0.272 e. The van der Waals surface area contributed by atoms with E-state index in [2.05, 4.69) is 22.2 Å². The first-order valence-corrected chi connectivity index (χ1v) is 9.02. The molecule has 1 saturated heterocycles. The molecule has 27 heavy (non-hydrogen) atoms. The molecule has 0 spiro atoms. The second-order valence-corrected chi connectivity index (χ2v) is 7.10. The molecule has 1 amide bonds. The van der Waals surface area contributed by atoms with E-state index in [1.807, 2.05) is 6.07 Å². The highest BCUT2D eigenvalue weighted by atomic mass is 35.5. The van der Waals surface area contributed by atoms with Crippen LogP contribution in [0.25, 0.3) is 0 Å². The summed E-state index contributed by atoms with van der Waals surface area (Å²) in [6.45, 7) is 5.22. The van der Waals surface area contributed by atoms with Crippen LogP contribution in [-0.4, -0.2) is 49.0 Å². The van der Waals surface area contributed by atoms with Crippen molar-refractivity contribution in [2.24, 2.45) is 0 Å². The Balaban J connectivity index is 1.84. The number of likely N-dealkylation sites (N-methyl/N-ethyl adjacent to an activating group) is 1. The standard InChI is InChI=1S/C19H21ClN4O3/c1-13-11-14(3-5-17(13)24(26)27)19(25)21-16-12-15(20)4-6-18(16)23-9-7-22(2)8-10-23/h3-6,11-12H,7-10H2,1-2H3,(H,21,25). The van der Waals surface area contributed by atoms with Crippen LogP contribution in [0.5, 0.6) is 0 Å². The summed E-state index contributed by atoms with van der Waals surface area (Å²) in [5.74, 6) is -0.328. The van der Waals surface area contributed by atoms with Gasteiger partial charge in [-0.2, -0.15) is 0 Å². The minimum Gasteiger partial charge on any atom is -0.367 e. The molecular weight excluding hydrogens is 368 g/mol. The molecule has 0 aliphatic carbocycles. The molecule has 3 rings (SSSR count). The second kappa shape index (κ2) is 7.94. The third-order valence-corrected chi connectivity index (χ3v) is 4.94. The Hall–Kier alpha value is -2.64. The highest BCUT2D eigenvalue weighted by Crippen LogP contribution is 2.30. The number of benzene rings is 2. The topological polar surface area (TPSA) is 78.7 Å². The summed E-state index contributed by atoms with van der Waals surface area (Å²) in [6, 6.07) is 9.77. The quantitative estimate of drug-likeness (QED) is 0.640. The lowest BCUT2D eigenvalue weighted by molar-refractivity contribution is -0.385. The Morgan fingerprint density at radius 2 is 1.85 bits per heavy atom. The van der Waals surface area contributed by atoms with Gasteiger partial charge in [0.05, 0.1) is 16.3 Å². The third kappa shape index (κ3) is 4.37. The number of halogens is 1. The van der Waals surface area contributed by atoms with Crippen molar-refractivity contribution >= 4 is 34.6 Å². The van der Waals surface area contributed by atoms with Gasteiger partial charge in [-0.3, -0.25) is 14.9 Å². The van der Waals surface area contributed by atoms with Gasteiger partial charge in [0.2, 0.25) is 0 Å². The highest BCUT2D eigenvalue weighted by molar-refractivity contribution is 6.31. The Morgan fingerprint density at radius 3 is 2.48 bits per heavy atom. The molecule has 1 aliphatic rings. The lowest BCUT2D eigenvalue weighted by Gasteiger charge is -2.35. The minimum absolute atomic E-state index is 0.00701. The van der Waals surface area contributed by atoms with Crippen LogP contribution >= 0.6 is 11.6 Å². The summed E-state index contributed by atoms with van der Waals surface area (Å²) >= 11 is 6.14. The third-order valence-electron chi connectivity index (χ3n) is 4.71. The van der Waals surface area contributed by atoms with Crippen molar-refractivity contribution in [1.29, 1.82) is 0 Å². The largest absolute Gasteiger partial charge is 0.367 e. The van der Waals surface area contributed by atoms with Gasteiger partial charge < -0.3 is 15.1 Å². The zero-order valence-electron chi connectivity index (χ0n) is 15.2. The molecule has 142 valence electrons. The van der Waals surface area contributed by atoms with Gasteiger partial charge in [0, 0.05) is 48.4 Å². The lowest BCUT2D eigenvalue weighted by Crippen LogP contribution is -2.44. The van der Waals surface area contributed by atoms with Crippen molar-refractivity contribution in [2.75, 3.05) is 43.4 Å². The van der Waals surface area contributed by atoms with Crippen molar-refractivity contribution in [3.8, 4) is 0 Å². The van der Waals surface area contributed by atoms with Crippen molar-refractivity contribution in [3.63, 3.8) is 0 Å². The lowest BCUT2D eigenvalue weighted by atomic mass is 10.1. The van der Waals surface area contributed by atoms with Gasteiger partial charge in [-0.1, -0.05) is 11.6 Å². The molecule has 1 fully saturated rings. The number of aryl methyl sites for hydroxylation is 1. The van der Waals surface area contributed by atoms with E-state index in [1.54, 1.807) is 19.1 Å². The van der Waals surface area contributed by atoms with Crippen LogP contribution in [0.2, 0.25) is 5.02 Å². The van der Waals surface area contributed by atoms with Crippen molar-refractivity contribution in [3.05, 3.63) is 62.7 Å². The fourth-order valence-electron chi connectivity index (χ4n) is 3.13. The summed E-state index contributed by atoms with van der Waals surface area (Å²) in [6.07, 6.45) is 0. The Kier molecular flexibility index (Phi) is 5.62. The number of piperazine rings is 1. The van der Waals surface area contributed by atoms with Crippen molar-refractivity contribution < 1.29 is 9.72 Å². The molecule has 1 N–H and O–H groups in total. The molecule has 2 aromatic carbocycles. The van der Waals surface area contributed by atoms with E-state index in [1.165, 1.54) is 18.2 Å². The Morgan fingerprint density at radius 1 is 1.15 bits per heavy atom. The first-order valence-electron chi connectivity index (χ1n) is 8.64. The number of carbonyl (C=O) groups is 1. The molecule has 8 heteroatoms. The van der Waals surface area contributed by atoms with Gasteiger partial charge in [-0.05, 0) is 44.3 Å². The average Bonchev–Trinajstić information content (AvgIpc) is 2.62. The first kappa shape index (κ1) is 19.1. The van der Waals surface area contributed by atoms with Crippen molar-refractivity contribution in [1.82, 2.24) is 4.90 Å². The Bertz CT molecular complexity index is 879. The number of nitro benzene ring substituents is 1. The van der Waals surface area contributed by atoms with E-state index >= 15 is 0 Å². The van der Waals surface area contributed by atoms with E-state index in [4.69, 9.17) is 11.6 Å². The molecule has 0 saturated carbocycles. The van der Waals surface area contributed by atoms with Crippen LogP contribution in [-0.2, 0) is 0 Å². The summed E-state index contributed by atoms with van der Waals surface area (Å²) < 4.78 is 0. The summed E-state index contributed by atoms with van der Waals surface area (Å²) in [4.78, 5) is 27.7. The zero-order chi connectivity index (χ0) is 19.6. The van der Waals surface area contributed by atoms with Gasteiger partial charge in [0.15, 0.2) is 0 Å². The van der Waals surface area contributed by atoms with Gasteiger partial charge >= 0.3 is 0 Å². The number of rotatable bonds is 4. The summed E-state index contributed by atoms with van der Waals surface area (Å²) in [7, 11) is 2.08. The number of carbonyl (C=O) groups excluding carboxylic acids is 1.